The van der Waals surface area contributed by atoms with E-state index in [4.69, 9.17) is 0 Å². The fraction of sp³-hybridized carbons (Fsp3) is 0.450. The number of nitroso groups, excluding NO2 is 2. The zero-order valence-corrected chi connectivity index (χ0v) is 17.0. The van der Waals surface area contributed by atoms with Gasteiger partial charge in [-0.1, -0.05) is 6.07 Å². The van der Waals surface area contributed by atoms with E-state index in [0.29, 0.717) is 24.0 Å². The minimum absolute atomic E-state index is 0.209. The Morgan fingerprint density at radius 1 is 1.03 bits per heavy atom. The summed E-state index contributed by atoms with van der Waals surface area (Å²) in [5, 5.41) is 18.7. The fourth-order valence-electron chi connectivity index (χ4n) is 3.36. The summed E-state index contributed by atoms with van der Waals surface area (Å²) < 4.78 is 0. The first-order valence-electron chi connectivity index (χ1n) is 9.60. The number of hydrogen-bond donors (Lipinski definition) is 1. The second-order valence-electron chi connectivity index (χ2n) is 7.07. The van der Waals surface area contributed by atoms with E-state index in [-0.39, 0.29) is 18.7 Å². The molecule has 0 aliphatic rings. The molecule has 0 saturated heterocycles. The molecule has 0 fully saturated rings. The predicted octanol–water partition coefficient (Wildman–Crippen LogP) is 2.77. The molecule has 160 valence electrons. The van der Waals surface area contributed by atoms with Gasteiger partial charge in [0.15, 0.2) is 5.78 Å². The van der Waals surface area contributed by atoms with E-state index in [1.165, 1.54) is 30.3 Å². The van der Waals surface area contributed by atoms with Crippen LogP contribution in [-0.2, 0) is 0 Å². The summed E-state index contributed by atoms with van der Waals surface area (Å²) in [4.78, 5) is 43.3. The van der Waals surface area contributed by atoms with Crippen LogP contribution in [0.25, 0.3) is 0 Å². The lowest BCUT2D eigenvalue weighted by molar-refractivity contribution is 0.0721. The molecule has 1 N–H and O–H groups in total. The molecule has 0 bridgehead atoms. The first-order chi connectivity index (χ1) is 14.5. The molecule has 2 aromatic rings. The Hall–Kier alpha value is -3.27. The number of hydrogen-bond acceptors (Lipinski definition) is 8. The number of Topliss-reactive ketones (excluding diaryl/α,β-unsaturated/α-hetero) is 1. The third-order valence-corrected chi connectivity index (χ3v) is 5.06. The van der Waals surface area contributed by atoms with Crippen LogP contribution in [0.5, 0.6) is 0 Å². The molecule has 0 radical (unpaired) electrons. The lowest BCUT2D eigenvalue weighted by Gasteiger charge is -2.31. The Balaban J connectivity index is 2.24. The lowest BCUT2D eigenvalue weighted by atomic mass is 9.85. The van der Waals surface area contributed by atoms with E-state index in [1.807, 2.05) is 0 Å². The highest BCUT2D eigenvalue weighted by Crippen LogP contribution is 2.27. The summed E-state index contributed by atoms with van der Waals surface area (Å²) in [6.45, 7) is 0.231. The van der Waals surface area contributed by atoms with Gasteiger partial charge in [0, 0.05) is 56.9 Å². The smallest absolute Gasteiger partial charge is 0.169 e. The minimum atomic E-state index is -0.797. The normalized spacial score (nSPS) is 13.7. The highest BCUT2D eigenvalue weighted by Gasteiger charge is 2.33. The molecule has 2 heterocycles. The zero-order chi connectivity index (χ0) is 21.9. The van der Waals surface area contributed by atoms with Crippen molar-refractivity contribution in [1.29, 1.82) is 0 Å². The van der Waals surface area contributed by atoms with Gasteiger partial charge < -0.3 is 5.11 Å². The number of aromatic nitrogens is 2. The van der Waals surface area contributed by atoms with Gasteiger partial charge in [-0.3, -0.25) is 24.8 Å². The summed E-state index contributed by atoms with van der Waals surface area (Å²) in [5.74, 6) is -0.860. The van der Waals surface area contributed by atoms with Gasteiger partial charge in [-0.25, -0.2) is 0 Å². The number of carbonyl (C=O) groups is 1. The molecule has 0 spiro atoms. The first-order valence-corrected chi connectivity index (χ1v) is 9.60. The highest BCUT2D eigenvalue weighted by atomic mass is 16.3. The average molecular weight is 414 g/mol. The summed E-state index contributed by atoms with van der Waals surface area (Å²) in [7, 11) is 3.01. The van der Waals surface area contributed by atoms with Crippen LogP contribution in [0.2, 0.25) is 0 Å². The Bertz CT molecular complexity index is 807. The molecule has 0 saturated carbocycles. The van der Waals surface area contributed by atoms with Gasteiger partial charge in [-0.05, 0) is 43.0 Å². The number of nitrogens with zero attached hydrogens (tertiary/aromatic N) is 6. The molecule has 30 heavy (non-hydrogen) atoms. The van der Waals surface area contributed by atoms with Crippen molar-refractivity contribution in [2.24, 2.45) is 16.5 Å². The van der Waals surface area contributed by atoms with Gasteiger partial charge in [0.05, 0.1) is 22.7 Å². The minimum Gasteiger partial charge on any atom is -0.388 e. The van der Waals surface area contributed by atoms with Gasteiger partial charge in [-0.2, -0.15) is 0 Å². The van der Waals surface area contributed by atoms with E-state index in [1.54, 1.807) is 42.9 Å². The van der Waals surface area contributed by atoms with Crippen LogP contribution in [0.15, 0.2) is 59.6 Å². The van der Waals surface area contributed by atoms with E-state index in [2.05, 4.69) is 20.5 Å². The summed E-state index contributed by atoms with van der Waals surface area (Å²) in [6.07, 6.45) is 6.33. The predicted molar refractivity (Wildman–Crippen MR) is 111 cm³/mol. The van der Waals surface area contributed by atoms with Gasteiger partial charge in [0.2, 0.25) is 0 Å². The second-order valence-corrected chi connectivity index (χ2v) is 7.07. The Kier molecular flexibility index (Phi) is 8.95. The molecule has 0 aliphatic carbocycles. The molecule has 3 atom stereocenters. The van der Waals surface area contributed by atoms with Crippen molar-refractivity contribution >= 4 is 5.78 Å². The average Bonchev–Trinajstić information content (AvgIpc) is 2.80. The van der Waals surface area contributed by atoms with Crippen molar-refractivity contribution in [1.82, 2.24) is 20.0 Å². The number of carbonyl (C=O) groups excluding carboxylic acids is 1. The number of aliphatic hydroxyl groups is 1. The highest BCUT2D eigenvalue weighted by molar-refractivity contribution is 5.98. The van der Waals surface area contributed by atoms with Crippen LogP contribution in [-0.4, -0.2) is 57.6 Å². The lowest BCUT2D eigenvalue weighted by Crippen LogP contribution is -2.40. The molecule has 10 nitrogen and oxygen atoms in total. The number of pyridine rings is 2. The second kappa shape index (κ2) is 11.7. The van der Waals surface area contributed by atoms with E-state index < -0.39 is 18.1 Å². The molecule has 2 aromatic heterocycles. The van der Waals surface area contributed by atoms with Gasteiger partial charge in [0.25, 0.3) is 0 Å². The fourth-order valence-corrected chi connectivity index (χ4v) is 3.36. The van der Waals surface area contributed by atoms with E-state index >= 15 is 0 Å². The first kappa shape index (κ1) is 23.0. The van der Waals surface area contributed by atoms with Crippen LogP contribution < -0.4 is 0 Å². The summed E-state index contributed by atoms with van der Waals surface area (Å²) in [5.41, 5.74) is 1.05. The van der Waals surface area contributed by atoms with Crippen molar-refractivity contribution < 1.29 is 9.90 Å². The van der Waals surface area contributed by atoms with E-state index in [0.717, 1.165) is 0 Å². The maximum absolute atomic E-state index is 13.2. The Morgan fingerprint density at radius 2 is 1.73 bits per heavy atom. The third-order valence-electron chi connectivity index (χ3n) is 5.06. The van der Waals surface area contributed by atoms with Crippen LogP contribution in [0, 0.1) is 15.7 Å². The Morgan fingerprint density at radius 3 is 2.30 bits per heavy atom. The SMILES string of the molecule is CN(CCC(C(=O)c1cccnc1)C(CCC(O)c1cccnc1)N(C)N=O)N=O. The quantitative estimate of drug-likeness (QED) is 0.301. The van der Waals surface area contributed by atoms with Crippen molar-refractivity contribution in [3.63, 3.8) is 0 Å². The van der Waals surface area contributed by atoms with Gasteiger partial charge in [0.1, 0.15) is 0 Å². The molecule has 0 aliphatic heterocycles. The molecule has 0 aromatic carbocycles. The van der Waals surface area contributed by atoms with Crippen LogP contribution in [0.4, 0.5) is 0 Å². The van der Waals surface area contributed by atoms with Crippen LogP contribution in [0.1, 0.15) is 41.3 Å². The maximum atomic E-state index is 13.2. The number of rotatable bonds is 13. The topological polar surface area (TPSA) is 128 Å². The summed E-state index contributed by atoms with van der Waals surface area (Å²) >= 11 is 0. The maximum Gasteiger partial charge on any atom is 0.169 e. The number of aliphatic hydroxyl groups excluding tert-OH is 1. The van der Waals surface area contributed by atoms with Crippen molar-refractivity contribution in [3.05, 3.63) is 70.0 Å². The Labute approximate surface area is 174 Å². The van der Waals surface area contributed by atoms with Crippen LogP contribution >= 0.6 is 0 Å². The van der Waals surface area contributed by atoms with Gasteiger partial charge in [-0.15, -0.1) is 9.81 Å². The molecular weight excluding hydrogens is 388 g/mol. The monoisotopic (exact) mass is 414 g/mol. The third kappa shape index (κ3) is 6.38. The standard InChI is InChI=1S/C20H26N6O4/c1-25(23-29)12-9-17(20(28)16-6-4-11-22-14-16)18(26(2)24-30)7-8-19(27)15-5-3-10-21-13-15/h3-6,10-11,13-14,17-19,27H,7-9,12H2,1-2H3. The van der Waals surface area contributed by atoms with Crippen molar-refractivity contribution in [2.45, 2.75) is 31.4 Å². The molecule has 10 heteroatoms. The van der Waals surface area contributed by atoms with Crippen molar-refractivity contribution in [2.75, 3.05) is 20.6 Å². The largest absolute Gasteiger partial charge is 0.388 e. The molecule has 2 rings (SSSR count). The van der Waals surface area contributed by atoms with Crippen LogP contribution in [0.3, 0.4) is 0 Å². The molecular formula is C20H26N6O4. The summed E-state index contributed by atoms with van der Waals surface area (Å²) in [6, 6.07) is 6.22. The van der Waals surface area contributed by atoms with Crippen molar-refractivity contribution in [3.8, 4) is 0 Å². The van der Waals surface area contributed by atoms with Gasteiger partial charge >= 0.3 is 0 Å². The zero-order valence-electron chi connectivity index (χ0n) is 17.0. The van der Waals surface area contributed by atoms with E-state index in [9.17, 15) is 19.7 Å². The number of ketones is 1. The molecule has 0 amide bonds. The molecule has 3 unspecified atom stereocenters.